The van der Waals surface area contributed by atoms with Crippen LogP contribution in [-0.4, -0.2) is 9.78 Å². The van der Waals surface area contributed by atoms with E-state index in [4.69, 9.17) is 28.9 Å². The van der Waals surface area contributed by atoms with Gasteiger partial charge in [-0.1, -0.05) is 29.3 Å². The molecule has 2 aromatic rings. The van der Waals surface area contributed by atoms with E-state index in [1.54, 1.807) is 6.07 Å². The molecule has 0 radical (unpaired) electrons. The van der Waals surface area contributed by atoms with Gasteiger partial charge in [-0.25, -0.2) is 4.68 Å². The first-order valence-electron chi connectivity index (χ1n) is 6.87. The molecule has 0 fully saturated rings. The molecule has 1 aromatic carbocycles. The van der Waals surface area contributed by atoms with Crippen LogP contribution in [0, 0.1) is 6.92 Å². The van der Waals surface area contributed by atoms with Gasteiger partial charge in [0.05, 0.1) is 17.4 Å². The largest absolute Gasteiger partial charge is 0.394 e. The highest BCUT2D eigenvalue weighted by atomic mass is 35.5. The van der Waals surface area contributed by atoms with Crippen molar-refractivity contribution in [1.29, 1.82) is 0 Å². The Bertz CT molecular complexity index is 649. The van der Waals surface area contributed by atoms with Crippen molar-refractivity contribution in [3.8, 4) is 0 Å². The van der Waals surface area contributed by atoms with Gasteiger partial charge in [0.15, 0.2) is 0 Å². The predicted octanol–water partition coefficient (Wildman–Crippen LogP) is 4.83. The Morgan fingerprint density at radius 1 is 1.24 bits per heavy atom. The van der Waals surface area contributed by atoms with Crippen LogP contribution in [0.5, 0.6) is 0 Å². The average molecular weight is 327 g/mol. The summed E-state index contributed by atoms with van der Waals surface area (Å²) in [5, 5.41) is 9.13. The molecular formula is C15H20Cl2N4. The van der Waals surface area contributed by atoms with E-state index in [0.717, 1.165) is 17.1 Å². The number of nitrogen functional groups attached to an aromatic ring is 1. The maximum atomic E-state index is 6.26. The van der Waals surface area contributed by atoms with Gasteiger partial charge in [0.25, 0.3) is 0 Å². The standard InChI is InChI=1S/C15H20Cl2N4/c1-8(2)21-15(14(18)10(4)20-21)19-9(3)12-6-5-11(16)7-13(12)17/h5-9,19H,18H2,1-4H3. The van der Waals surface area contributed by atoms with E-state index in [1.807, 2.05) is 30.7 Å². The third-order valence-corrected chi connectivity index (χ3v) is 3.97. The number of hydrogen-bond acceptors (Lipinski definition) is 3. The molecule has 0 aliphatic carbocycles. The van der Waals surface area contributed by atoms with Crippen LogP contribution in [-0.2, 0) is 0 Å². The molecule has 0 aliphatic heterocycles. The second-order valence-corrected chi connectivity index (χ2v) is 6.26. The van der Waals surface area contributed by atoms with Gasteiger partial charge in [-0.15, -0.1) is 0 Å². The molecule has 114 valence electrons. The maximum absolute atomic E-state index is 6.26. The zero-order chi connectivity index (χ0) is 15.7. The molecule has 1 aromatic heterocycles. The molecule has 6 heteroatoms. The summed E-state index contributed by atoms with van der Waals surface area (Å²) < 4.78 is 1.89. The number of anilines is 2. The molecule has 2 rings (SSSR count). The Labute approximate surface area is 135 Å². The van der Waals surface area contributed by atoms with Crippen molar-refractivity contribution in [3.05, 3.63) is 39.5 Å². The van der Waals surface area contributed by atoms with E-state index in [9.17, 15) is 0 Å². The summed E-state index contributed by atoms with van der Waals surface area (Å²) in [5.41, 5.74) is 8.58. The number of nitrogens with two attached hydrogens (primary N) is 1. The van der Waals surface area contributed by atoms with Crippen molar-refractivity contribution < 1.29 is 0 Å². The summed E-state index contributed by atoms with van der Waals surface area (Å²) in [5.74, 6) is 0.820. The lowest BCUT2D eigenvalue weighted by atomic mass is 10.1. The van der Waals surface area contributed by atoms with Crippen LogP contribution in [0.4, 0.5) is 11.5 Å². The van der Waals surface area contributed by atoms with Crippen LogP contribution in [0.2, 0.25) is 10.0 Å². The van der Waals surface area contributed by atoms with Crippen molar-refractivity contribution >= 4 is 34.7 Å². The molecule has 0 saturated carbocycles. The van der Waals surface area contributed by atoms with E-state index in [0.29, 0.717) is 15.7 Å². The Morgan fingerprint density at radius 3 is 2.48 bits per heavy atom. The summed E-state index contributed by atoms with van der Waals surface area (Å²) in [6.07, 6.45) is 0. The second-order valence-electron chi connectivity index (χ2n) is 5.42. The van der Waals surface area contributed by atoms with E-state index in [1.165, 1.54) is 0 Å². The molecular weight excluding hydrogens is 307 g/mol. The van der Waals surface area contributed by atoms with Crippen molar-refractivity contribution in [2.75, 3.05) is 11.1 Å². The maximum Gasteiger partial charge on any atom is 0.148 e. The van der Waals surface area contributed by atoms with Gasteiger partial charge in [-0.05, 0) is 45.4 Å². The lowest BCUT2D eigenvalue weighted by Crippen LogP contribution is -2.14. The van der Waals surface area contributed by atoms with Crippen LogP contribution >= 0.6 is 23.2 Å². The third-order valence-electron chi connectivity index (χ3n) is 3.40. The summed E-state index contributed by atoms with van der Waals surface area (Å²) in [6.45, 7) is 8.06. The van der Waals surface area contributed by atoms with Crippen molar-refractivity contribution in [2.45, 2.75) is 39.8 Å². The number of nitrogens with one attached hydrogen (secondary N) is 1. The predicted molar refractivity (Wildman–Crippen MR) is 90.3 cm³/mol. The highest BCUT2D eigenvalue weighted by Gasteiger charge is 2.18. The number of aryl methyl sites for hydroxylation is 1. The number of benzene rings is 1. The number of rotatable bonds is 4. The van der Waals surface area contributed by atoms with Crippen LogP contribution in [0.3, 0.4) is 0 Å². The molecule has 0 aliphatic rings. The van der Waals surface area contributed by atoms with E-state index < -0.39 is 0 Å². The Hall–Kier alpha value is -1.39. The van der Waals surface area contributed by atoms with Crippen molar-refractivity contribution in [3.63, 3.8) is 0 Å². The average Bonchev–Trinajstić information content (AvgIpc) is 2.67. The molecule has 1 unspecified atom stereocenters. The normalized spacial score (nSPS) is 12.7. The van der Waals surface area contributed by atoms with Gasteiger partial charge in [-0.3, -0.25) is 0 Å². The fraction of sp³-hybridized carbons (Fsp3) is 0.400. The first-order valence-corrected chi connectivity index (χ1v) is 7.63. The zero-order valence-electron chi connectivity index (χ0n) is 12.6. The highest BCUT2D eigenvalue weighted by molar-refractivity contribution is 6.35. The molecule has 1 atom stereocenters. The van der Waals surface area contributed by atoms with Crippen molar-refractivity contribution in [1.82, 2.24) is 9.78 Å². The molecule has 1 heterocycles. The van der Waals surface area contributed by atoms with Crippen LogP contribution in [0.15, 0.2) is 18.2 Å². The minimum atomic E-state index is -0.00864. The first kappa shape index (κ1) is 16.0. The number of halogens is 2. The molecule has 0 amide bonds. The van der Waals surface area contributed by atoms with Crippen LogP contribution in [0.25, 0.3) is 0 Å². The Balaban J connectivity index is 2.33. The van der Waals surface area contributed by atoms with Crippen molar-refractivity contribution in [2.24, 2.45) is 0 Å². The van der Waals surface area contributed by atoms with Gasteiger partial charge in [0.2, 0.25) is 0 Å². The number of aromatic nitrogens is 2. The monoisotopic (exact) mass is 326 g/mol. The van der Waals surface area contributed by atoms with Gasteiger partial charge < -0.3 is 11.1 Å². The topological polar surface area (TPSA) is 55.9 Å². The smallest absolute Gasteiger partial charge is 0.148 e. The number of nitrogens with zero attached hydrogens (tertiary/aromatic N) is 2. The second kappa shape index (κ2) is 6.16. The molecule has 0 bridgehead atoms. The van der Waals surface area contributed by atoms with Gasteiger partial charge in [0, 0.05) is 16.1 Å². The van der Waals surface area contributed by atoms with Crippen LogP contribution < -0.4 is 11.1 Å². The molecule has 3 N–H and O–H groups in total. The summed E-state index contributed by atoms with van der Waals surface area (Å²) in [7, 11) is 0. The third kappa shape index (κ3) is 3.27. The van der Waals surface area contributed by atoms with Gasteiger partial charge in [-0.2, -0.15) is 5.10 Å². The quantitative estimate of drug-likeness (QED) is 0.845. The number of hydrogen-bond donors (Lipinski definition) is 2. The lowest BCUT2D eigenvalue weighted by Gasteiger charge is -2.20. The Morgan fingerprint density at radius 2 is 1.90 bits per heavy atom. The van der Waals surface area contributed by atoms with Crippen LogP contribution in [0.1, 0.15) is 44.1 Å². The highest BCUT2D eigenvalue weighted by Crippen LogP contribution is 2.32. The fourth-order valence-electron chi connectivity index (χ4n) is 2.21. The Kier molecular flexibility index (Phi) is 4.69. The lowest BCUT2D eigenvalue weighted by molar-refractivity contribution is 0.532. The first-order chi connectivity index (χ1) is 9.81. The minimum absolute atomic E-state index is 0.00864. The zero-order valence-corrected chi connectivity index (χ0v) is 14.1. The van der Waals surface area contributed by atoms with E-state index in [2.05, 4.69) is 24.3 Å². The summed E-state index contributed by atoms with van der Waals surface area (Å²) in [6, 6.07) is 5.70. The van der Waals surface area contributed by atoms with E-state index in [-0.39, 0.29) is 12.1 Å². The molecule has 21 heavy (non-hydrogen) atoms. The summed E-state index contributed by atoms with van der Waals surface area (Å²) >= 11 is 12.2. The van der Waals surface area contributed by atoms with Gasteiger partial charge >= 0.3 is 0 Å². The van der Waals surface area contributed by atoms with Gasteiger partial charge in [0.1, 0.15) is 5.82 Å². The fourth-order valence-corrected chi connectivity index (χ4v) is 2.79. The molecule has 0 spiro atoms. The minimum Gasteiger partial charge on any atom is -0.394 e. The SMILES string of the molecule is Cc1nn(C(C)C)c(NC(C)c2ccc(Cl)cc2Cl)c1N. The summed E-state index contributed by atoms with van der Waals surface area (Å²) in [4.78, 5) is 0. The molecule has 4 nitrogen and oxygen atoms in total. The molecule has 0 saturated heterocycles. The van der Waals surface area contributed by atoms with E-state index >= 15 is 0 Å².